The first-order valence-electron chi connectivity index (χ1n) is 6.89. The van der Waals surface area contributed by atoms with Crippen molar-refractivity contribution < 1.29 is 14.3 Å². The van der Waals surface area contributed by atoms with Crippen LogP contribution in [0.1, 0.15) is 17.7 Å². The maximum Gasteiger partial charge on any atom is 0.225 e. The SMILES string of the molecule is O=C(CCO)N1CCc2[nH]nc(-c3cccc(F)c3)c2C1. The molecule has 2 aromatic rings. The van der Waals surface area contributed by atoms with E-state index in [1.165, 1.54) is 12.1 Å². The van der Waals surface area contributed by atoms with Gasteiger partial charge in [0, 0.05) is 42.8 Å². The van der Waals surface area contributed by atoms with Crippen molar-refractivity contribution in [2.45, 2.75) is 19.4 Å². The maximum absolute atomic E-state index is 13.4. The van der Waals surface area contributed by atoms with Crippen LogP contribution in [0.5, 0.6) is 0 Å². The number of aromatic amines is 1. The molecule has 0 radical (unpaired) electrons. The summed E-state index contributed by atoms with van der Waals surface area (Å²) < 4.78 is 13.4. The molecule has 3 rings (SSSR count). The van der Waals surface area contributed by atoms with Gasteiger partial charge in [-0.1, -0.05) is 12.1 Å². The van der Waals surface area contributed by atoms with Crippen LogP contribution in [0, 0.1) is 5.82 Å². The van der Waals surface area contributed by atoms with Gasteiger partial charge in [0.25, 0.3) is 0 Å². The lowest BCUT2D eigenvalue weighted by Gasteiger charge is -2.27. The number of halogens is 1. The van der Waals surface area contributed by atoms with Crippen molar-refractivity contribution >= 4 is 5.91 Å². The van der Waals surface area contributed by atoms with Gasteiger partial charge in [-0.05, 0) is 12.1 Å². The number of fused-ring (bicyclic) bond motifs is 1. The van der Waals surface area contributed by atoms with Gasteiger partial charge in [-0.15, -0.1) is 0 Å². The summed E-state index contributed by atoms with van der Waals surface area (Å²) in [5.41, 5.74) is 3.30. The smallest absolute Gasteiger partial charge is 0.225 e. The Bertz CT molecular complexity index is 669. The van der Waals surface area contributed by atoms with Crippen molar-refractivity contribution in [2.75, 3.05) is 13.2 Å². The number of amides is 1. The molecular weight excluding hydrogens is 273 g/mol. The standard InChI is InChI=1S/C15H16FN3O2/c16-11-3-1-2-10(8-11)15-12-9-19(14(21)5-7-20)6-4-13(12)17-18-15/h1-3,8,20H,4-7,9H2,(H,17,18). The van der Waals surface area contributed by atoms with Crippen molar-refractivity contribution in [3.05, 3.63) is 41.3 Å². The third-order valence-corrected chi connectivity index (χ3v) is 3.71. The first-order chi connectivity index (χ1) is 10.2. The minimum Gasteiger partial charge on any atom is -0.396 e. The van der Waals surface area contributed by atoms with E-state index in [-0.39, 0.29) is 24.8 Å². The number of carbonyl (C=O) groups is 1. The quantitative estimate of drug-likeness (QED) is 0.899. The number of H-pyrrole nitrogens is 1. The molecule has 0 saturated carbocycles. The lowest BCUT2D eigenvalue weighted by atomic mass is 10.0. The largest absolute Gasteiger partial charge is 0.396 e. The average Bonchev–Trinajstić information content (AvgIpc) is 2.90. The molecule has 1 aliphatic rings. The van der Waals surface area contributed by atoms with Crippen molar-refractivity contribution in [1.29, 1.82) is 0 Å². The van der Waals surface area contributed by atoms with Crippen LogP contribution in [0.4, 0.5) is 4.39 Å². The van der Waals surface area contributed by atoms with E-state index in [0.717, 1.165) is 11.3 Å². The zero-order chi connectivity index (χ0) is 14.8. The fraction of sp³-hybridized carbons (Fsp3) is 0.333. The Hall–Kier alpha value is -2.21. The lowest BCUT2D eigenvalue weighted by molar-refractivity contribution is -0.132. The molecule has 21 heavy (non-hydrogen) atoms. The molecule has 1 aromatic heterocycles. The number of benzene rings is 1. The molecule has 0 fully saturated rings. The summed E-state index contributed by atoms with van der Waals surface area (Å²) in [6, 6.07) is 6.27. The van der Waals surface area contributed by atoms with E-state index in [4.69, 9.17) is 5.11 Å². The van der Waals surface area contributed by atoms with E-state index in [2.05, 4.69) is 10.2 Å². The molecule has 1 aromatic carbocycles. The van der Waals surface area contributed by atoms with Gasteiger partial charge in [0.05, 0.1) is 12.3 Å². The Morgan fingerprint density at radius 3 is 3.10 bits per heavy atom. The molecular formula is C15H16FN3O2. The van der Waals surface area contributed by atoms with Gasteiger partial charge in [-0.3, -0.25) is 9.89 Å². The van der Waals surface area contributed by atoms with Crippen LogP contribution >= 0.6 is 0 Å². The number of hydrogen-bond donors (Lipinski definition) is 2. The molecule has 6 heteroatoms. The number of aliphatic hydroxyl groups is 1. The fourth-order valence-electron chi connectivity index (χ4n) is 2.64. The summed E-state index contributed by atoms with van der Waals surface area (Å²) in [7, 11) is 0. The van der Waals surface area contributed by atoms with Gasteiger partial charge in [-0.25, -0.2) is 4.39 Å². The zero-order valence-corrected chi connectivity index (χ0v) is 11.5. The third kappa shape index (κ3) is 2.67. The van der Waals surface area contributed by atoms with Crippen LogP contribution in [0.3, 0.4) is 0 Å². The van der Waals surface area contributed by atoms with Crippen molar-refractivity contribution in [2.24, 2.45) is 0 Å². The van der Waals surface area contributed by atoms with Gasteiger partial charge < -0.3 is 10.0 Å². The van der Waals surface area contributed by atoms with Gasteiger partial charge in [0.15, 0.2) is 0 Å². The van der Waals surface area contributed by atoms with Crippen LogP contribution in [-0.4, -0.2) is 39.3 Å². The maximum atomic E-state index is 13.4. The topological polar surface area (TPSA) is 69.2 Å². The second-order valence-corrected chi connectivity index (χ2v) is 5.08. The Morgan fingerprint density at radius 1 is 1.48 bits per heavy atom. The van der Waals surface area contributed by atoms with E-state index in [1.54, 1.807) is 17.0 Å². The zero-order valence-electron chi connectivity index (χ0n) is 11.5. The molecule has 2 heterocycles. The normalized spacial score (nSPS) is 14.1. The second kappa shape index (κ2) is 5.65. The van der Waals surface area contributed by atoms with Crippen LogP contribution in [-0.2, 0) is 17.8 Å². The Kier molecular flexibility index (Phi) is 3.70. The van der Waals surface area contributed by atoms with Gasteiger partial charge >= 0.3 is 0 Å². The van der Waals surface area contributed by atoms with Gasteiger partial charge in [0.2, 0.25) is 5.91 Å². The van der Waals surface area contributed by atoms with Crippen molar-refractivity contribution in [3.8, 4) is 11.3 Å². The third-order valence-electron chi connectivity index (χ3n) is 3.71. The number of hydrogen-bond acceptors (Lipinski definition) is 3. The van der Waals surface area contributed by atoms with E-state index >= 15 is 0 Å². The van der Waals surface area contributed by atoms with Gasteiger partial charge in [0.1, 0.15) is 5.82 Å². The molecule has 0 atom stereocenters. The number of nitrogens with one attached hydrogen (secondary N) is 1. The summed E-state index contributed by atoms with van der Waals surface area (Å²) in [5, 5.41) is 16.1. The molecule has 0 saturated heterocycles. The summed E-state index contributed by atoms with van der Waals surface area (Å²) in [6.07, 6.45) is 0.817. The first-order valence-corrected chi connectivity index (χ1v) is 6.89. The minimum absolute atomic E-state index is 0.0745. The second-order valence-electron chi connectivity index (χ2n) is 5.08. The molecule has 5 nitrogen and oxygen atoms in total. The highest BCUT2D eigenvalue weighted by Gasteiger charge is 2.25. The average molecular weight is 289 g/mol. The first kappa shape index (κ1) is 13.8. The number of aliphatic hydroxyl groups excluding tert-OH is 1. The monoisotopic (exact) mass is 289 g/mol. The molecule has 1 amide bonds. The Labute approximate surface area is 121 Å². The number of rotatable bonds is 3. The number of aromatic nitrogens is 2. The van der Waals surface area contributed by atoms with Crippen LogP contribution in [0.25, 0.3) is 11.3 Å². The molecule has 2 N–H and O–H groups in total. The predicted octanol–water partition coefficient (Wildman–Crippen LogP) is 1.48. The van der Waals surface area contributed by atoms with Crippen LogP contribution in [0.2, 0.25) is 0 Å². The summed E-state index contributed by atoms with van der Waals surface area (Å²) >= 11 is 0. The van der Waals surface area contributed by atoms with Crippen molar-refractivity contribution in [1.82, 2.24) is 15.1 Å². The Morgan fingerprint density at radius 2 is 2.33 bits per heavy atom. The summed E-state index contributed by atoms with van der Waals surface area (Å²) in [6.45, 7) is 0.900. The summed E-state index contributed by atoms with van der Waals surface area (Å²) in [4.78, 5) is 13.6. The highest BCUT2D eigenvalue weighted by Crippen LogP contribution is 2.28. The molecule has 0 aliphatic carbocycles. The van der Waals surface area contributed by atoms with E-state index in [0.29, 0.717) is 30.8 Å². The van der Waals surface area contributed by atoms with Crippen molar-refractivity contribution in [3.63, 3.8) is 0 Å². The van der Waals surface area contributed by atoms with E-state index in [1.807, 2.05) is 0 Å². The van der Waals surface area contributed by atoms with Gasteiger partial charge in [-0.2, -0.15) is 5.10 Å². The molecule has 0 unspecified atom stereocenters. The van der Waals surface area contributed by atoms with Crippen LogP contribution in [0.15, 0.2) is 24.3 Å². The molecule has 110 valence electrons. The fourth-order valence-corrected chi connectivity index (χ4v) is 2.64. The number of carbonyl (C=O) groups excluding carboxylic acids is 1. The number of nitrogens with zero attached hydrogens (tertiary/aromatic N) is 2. The minimum atomic E-state index is -0.312. The van der Waals surface area contributed by atoms with Crippen LogP contribution < -0.4 is 0 Å². The predicted molar refractivity (Wildman–Crippen MR) is 74.8 cm³/mol. The molecule has 0 bridgehead atoms. The van der Waals surface area contributed by atoms with E-state index in [9.17, 15) is 9.18 Å². The van der Waals surface area contributed by atoms with E-state index < -0.39 is 0 Å². The molecule has 1 aliphatic heterocycles. The summed E-state index contributed by atoms with van der Waals surface area (Å²) in [5.74, 6) is -0.386. The Balaban J connectivity index is 1.91. The lowest BCUT2D eigenvalue weighted by Crippen LogP contribution is -2.36. The molecule has 0 spiro atoms. The highest BCUT2D eigenvalue weighted by molar-refractivity contribution is 5.77. The highest BCUT2D eigenvalue weighted by atomic mass is 19.1.